The number of carbonyl (C=O) groups excluding carboxylic acids is 1. The van der Waals surface area contributed by atoms with Crippen molar-refractivity contribution in [3.8, 4) is 0 Å². The summed E-state index contributed by atoms with van der Waals surface area (Å²) in [6, 6.07) is 19.9. The Hall–Kier alpha value is -3.32. The summed E-state index contributed by atoms with van der Waals surface area (Å²) in [6.07, 6.45) is 6.65. The van der Waals surface area contributed by atoms with Crippen LogP contribution in [0.4, 0.5) is 16.2 Å². The van der Waals surface area contributed by atoms with E-state index in [0.29, 0.717) is 12.2 Å². The third-order valence-electron chi connectivity index (χ3n) is 7.05. The van der Waals surface area contributed by atoms with Crippen molar-refractivity contribution in [1.82, 2.24) is 4.90 Å². The average molecular weight is 520 g/mol. The Morgan fingerprint density at radius 3 is 2.05 bits per heavy atom. The van der Waals surface area contributed by atoms with Gasteiger partial charge in [-0.1, -0.05) is 73.7 Å². The number of aryl methyl sites for hydroxylation is 3. The van der Waals surface area contributed by atoms with Crippen LogP contribution in [0.2, 0.25) is 0 Å². The summed E-state index contributed by atoms with van der Waals surface area (Å²) in [4.78, 5) is 15.8. The summed E-state index contributed by atoms with van der Waals surface area (Å²) < 4.78 is 28.0. The molecule has 1 fully saturated rings. The maximum absolute atomic E-state index is 13.7. The Morgan fingerprint density at radius 1 is 0.865 bits per heavy atom. The van der Waals surface area contributed by atoms with Gasteiger partial charge >= 0.3 is 6.03 Å². The van der Waals surface area contributed by atoms with Gasteiger partial charge in [0.1, 0.15) is 0 Å². The molecule has 1 saturated carbocycles. The van der Waals surface area contributed by atoms with Crippen LogP contribution in [0.15, 0.2) is 71.6 Å². The number of hydrogen-bond acceptors (Lipinski definition) is 3. The van der Waals surface area contributed by atoms with Gasteiger partial charge in [0.05, 0.1) is 4.90 Å². The zero-order valence-electron chi connectivity index (χ0n) is 22.0. The Bertz CT molecular complexity index is 1290. The fraction of sp³-hybridized carbons (Fsp3) is 0.367. The molecule has 37 heavy (non-hydrogen) atoms. The van der Waals surface area contributed by atoms with E-state index in [-0.39, 0.29) is 17.0 Å². The first-order chi connectivity index (χ1) is 17.7. The van der Waals surface area contributed by atoms with Gasteiger partial charge in [0, 0.05) is 24.0 Å². The van der Waals surface area contributed by atoms with Crippen LogP contribution in [0.3, 0.4) is 0 Å². The third kappa shape index (κ3) is 6.92. The van der Waals surface area contributed by atoms with Gasteiger partial charge in [-0.3, -0.25) is 4.72 Å². The van der Waals surface area contributed by atoms with E-state index in [2.05, 4.69) is 29.1 Å². The first-order valence-electron chi connectivity index (χ1n) is 13.1. The number of nitrogens with zero attached hydrogens (tertiary/aromatic N) is 1. The van der Waals surface area contributed by atoms with E-state index in [1.54, 1.807) is 42.5 Å². The predicted molar refractivity (Wildman–Crippen MR) is 150 cm³/mol. The van der Waals surface area contributed by atoms with E-state index >= 15 is 0 Å². The normalized spacial score (nSPS) is 14.6. The molecule has 7 heteroatoms. The number of benzene rings is 3. The molecule has 0 saturated heterocycles. The van der Waals surface area contributed by atoms with Gasteiger partial charge in [-0.25, -0.2) is 13.2 Å². The quantitative estimate of drug-likeness (QED) is 0.325. The number of anilines is 2. The van der Waals surface area contributed by atoms with Gasteiger partial charge in [-0.05, 0) is 74.6 Å². The van der Waals surface area contributed by atoms with Crippen molar-refractivity contribution < 1.29 is 13.2 Å². The molecule has 1 aliphatic rings. The lowest BCUT2D eigenvalue weighted by Crippen LogP contribution is -2.42. The molecule has 0 bridgehead atoms. The number of carbonyl (C=O) groups is 1. The summed E-state index contributed by atoms with van der Waals surface area (Å²) in [5.41, 5.74) is 5.61. The van der Waals surface area contributed by atoms with Gasteiger partial charge < -0.3 is 10.2 Å². The highest BCUT2D eigenvalue weighted by Gasteiger charge is 2.26. The largest absolute Gasteiger partial charge is 0.322 e. The maximum Gasteiger partial charge on any atom is 0.322 e. The fourth-order valence-corrected chi connectivity index (χ4v) is 6.26. The number of sulfonamides is 1. The first-order valence-corrected chi connectivity index (χ1v) is 14.5. The van der Waals surface area contributed by atoms with Crippen molar-refractivity contribution in [2.24, 2.45) is 0 Å². The molecule has 196 valence electrons. The lowest BCUT2D eigenvalue weighted by Gasteiger charge is -2.32. The van der Waals surface area contributed by atoms with Gasteiger partial charge in [0.25, 0.3) is 10.0 Å². The number of hydrogen-bond donors (Lipinski definition) is 2. The molecule has 0 atom stereocenters. The van der Waals surface area contributed by atoms with E-state index in [0.717, 1.165) is 48.1 Å². The Balaban J connectivity index is 1.53. The van der Waals surface area contributed by atoms with E-state index in [4.69, 9.17) is 0 Å². The molecule has 2 amide bonds. The minimum Gasteiger partial charge on any atom is -0.317 e. The topological polar surface area (TPSA) is 78.5 Å². The zero-order valence-corrected chi connectivity index (χ0v) is 22.8. The van der Waals surface area contributed by atoms with Crippen LogP contribution in [-0.2, 0) is 16.6 Å². The van der Waals surface area contributed by atoms with Crippen LogP contribution in [0.25, 0.3) is 0 Å². The van der Waals surface area contributed by atoms with E-state index in [1.165, 1.54) is 18.4 Å². The Kier molecular flexibility index (Phi) is 8.54. The van der Waals surface area contributed by atoms with Crippen LogP contribution in [0, 0.1) is 20.8 Å². The number of nitrogens with one attached hydrogen (secondary N) is 2. The van der Waals surface area contributed by atoms with Crippen molar-refractivity contribution in [3.05, 3.63) is 89.0 Å². The summed E-state index contributed by atoms with van der Waals surface area (Å²) in [6.45, 7) is 6.58. The molecule has 1 aliphatic carbocycles. The van der Waals surface area contributed by atoms with Crippen LogP contribution in [-0.4, -0.2) is 25.4 Å². The second-order valence-corrected chi connectivity index (χ2v) is 11.8. The second kappa shape index (κ2) is 11.8. The Labute approximate surface area is 221 Å². The van der Waals surface area contributed by atoms with Crippen LogP contribution >= 0.6 is 0 Å². The van der Waals surface area contributed by atoms with Crippen molar-refractivity contribution in [2.45, 2.75) is 76.8 Å². The lowest BCUT2D eigenvalue weighted by atomic mass is 10.0. The van der Waals surface area contributed by atoms with Crippen molar-refractivity contribution in [1.29, 1.82) is 0 Å². The summed E-state index contributed by atoms with van der Waals surface area (Å²) in [5.74, 6) is 0. The molecule has 0 heterocycles. The maximum atomic E-state index is 13.7. The molecule has 4 rings (SSSR count). The fourth-order valence-electron chi connectivity index (χ4n) is 5.18. The number of amides is 2. The molecule has 0 aromatic heterocycles. The van der Waals surface area contributed by atoms with Crippen LogP contribution in [0.1, 0.15) is 60.8 Å². The zero-order chi connectivity index (χ0) is 26.4. The van der Waals surface area contributed by atoms with Gasteiger partial charge in [-0.15, -0.1) is 0 Å². The minimum atomic E-state index is -3.65. The molecule has 2 N–H and O–H groups in total. The molecule has 3 aromatic rings. The molecule has 0 spiro atoms. The van der Waals surface area contributed by atoms with Crippen molar-refractivity contribution >= 4 is 27.4 Å². The molecule has 0 aliphatic heterocycles. The highest BCUT2D eigenvalue weighted by molar-refractivity contribution is 7.92. The van der Waals surface area contributed by atoms with E-state index < -0.39 is 10.0 Å². The molecule has 6 nitrogen and oxygen atoms in total. The number of urea groups is 1. The Morgan fingerprint density at radius 2 is 1.46 bits per heavy atom. The summed E-state index contributed by atoms with van der Waals surface area (Å²) in [7, 11) is -3.65. The lowest BCUT2D eigenvalue weighted by molar-refractivity contribution is 0.175. The minimum absolute atomic E-state index is 0.0872. The molecule has 0 unspecified atom stereocenters. The average Bonchev–Trinajstić information content (AvgIpc) is 3.15. The molecular weight excluding hydrogens is 482 g/mol. The van der Waals surface area contributed by atoms with E-state index in [9.17, 15) is 13.2 Å². The van der Waals surface area contributed by atoms with Crippen LogP contribution < -0.4 is 10.0 Å². The molecule has 0 radical (unpaired) electrons. The van der Waals surface area contributed by atoms with Crippen molar-refractivity contribution in [2.75, 3.05) is 10.0 Å². The predicted octanol–water partition coefficient (Wildman–Crippen LogP) is 7.17. The van der Waals surface area contributed by atoms with Gasteiger partial charge in [0.15, 0.2) is 0 Å². The SMILES string of the molecule is Cc1cc(C)c(NC(=O)N(Cc2ccc(NS(=O)(=O)c3ccccc3)cc2)C2CCCCCC2)c(C)c1. The monoisotopic (exact) mass is 519 g/mol. The molecule has 3 aromatic carbocycles. The van der Waals surface area contributed by atoms with Gasteiger partial charge in [-0.2, -0.15) is 0 Å². The standard InChI is InChI=1S/C30H37N3O3S/c1-22-19-23(2)29(24(3)20-22)31-30(34)33(27-11-7-4-5-8-12-27)21-25-15-17-26(18-16-25)32-37(35,36)28-13-9-6-10-14-28/h6,9-10,13-20,27,32H,4-5,7-8,11-12,21H2,1-3H3,(H,31,34). The van der Waals surface area contributed by atoms with E-state index in [1.807, 2.05) is 30.9 Å². The number of rotatable bonds is 7. The van der Waals surface area contributed by atoms with Gasteiger partial charge in [0.2, 0.25) is 0 Å². The van der Waals surface area contributed by atoms with Crippen molar-refractivity contribution in [3.63, 3.8) is 0 Å². The van der Waals surface area contributed by atoms with Crippen LogP contribution in [0.5, 0.6) is 0 Å². The highest BCUT2D eigenvalue weighted by atomic mass is 32.2. The highest BCUT2D eigenvalue weighted by Crippen LogP contribution is 2.27. The summed E-state index contributed by atoms with van der Waals surface area (Å²) >= 11 is 0. The smallest absolute Gasteiger partial charge is 0.317 e. The summed E-state index contributed by atoms with van der Waals surface area (Å²) in [5, 5.41) is 3.20. The third-order valence-corrected chi connectivity index (χ3v) is 8.45. The first kappa shape index (κ1) is 26.7. The second-order valence-electron chi connectivity index (χ2n) is 10.1. The molecular formula is C30H37N3O3S.